The Balaban J connectivity index is 2.17. The van der Waals surface area contributed by atoms with Gasteiger partial charge < -0.3 is 4.74 Å². The van der Waals surface area contributed by atoms with Gasteiger partial charge in [-0.05, 0) is 25.7 Å². The number of morpholine rings is 1. The van der Waals surface area contributed by atoms with Gasteiger partial charge in [-0.1, -0.05) is 13.8 Å². The van der Waals surface area contributed by atoms with Crippen LogP contribution < -0.4 is 0 Å². The molecule has 0 aromatic carbocycles. The molecule has 0 saturated carbocycles. The fraction of sp³-hybridized carbons (Fsp3) is 1.00. The second-order valence-corrected chi connectivity index (χ2v) is 4.47. The molecule has 1 saturated heterocycles. The summed E-state index contributed by atoms with van der Waals surface area (Å²) in [5, 5.41) is 0. The van der Waals surface area contributed by atoms with Crippen LogP contribution in [-0.2, 0) is 4.74 Å². The van der Waals surface area contributed by atoms with E-state index in [9.17, 15) is 0 Å². The van der Waals surface area contributed by atoms with Crippen LogP contribution in [0.2, 0.25) is 0 Å². The van der Waals surface area contributed by atoms with Gasteiger partial charge in [0.15, 0.2) is 0 Å². The summed E-state index contributed by atoms with van der Waals surface area (Å²) in [6.45, 7) is 11.0. The minimum atomic E-state index is 0.742. The first kappa shape index (κ1) is 11.0. The van der Waals surface area contributed by atoms with E-state index >= 15 is 0 Å². The fourth-order valence-corrected chi connectivity index (χ4v) is 1.78. The van der Waals surface area contributed by atoms with Crippen molar-refractivity contribution in [2.45, 2.75) is 39.7 Å². The molecule has 0 aliphatic carbocycles. The van der Waals surface area contributed by atoms with Gasteiger partial charge in [-0.15, -0.1) is 0 Å². The van der Waals surface area contributed by atoms with Crippen molar-refractivity contribution < 1.29 is 4.74 Å². The Morgan fingerprint density at radius 3 is 2.23 bits per heavy atom. The smallest absolute Gasteiger partial charge is 0.0594 e. The average molecular weight is 185 g/mol. The zero-order valence-corrected chi connectivity index (χ0v) is 9.25. The summed E-state index contributed by atoms with van der Waals surface area (Å²) in [5.74, 6) is 0.837. The zero-order valence-electron chi connectivity index (χ0n) is 9.25. The molecule has 1 fully saturated rings. The van der Waals surface area contributed by atoms with Gasteiger partial charge >= 0.3 is 0 Å². The third-order valence-corrected chi connectivity index (χ3v) is 2.83. The molecule has 1 unspecified atom stereocenters. The molecule has 0 bridgehead atoms. The van der Waals surface area contributed by atoms with Crippen LogP contribution in [0.1, 0.15) is 33.6 Å². The highest BCUT2D eigenvalue weighted by Gasteiger charge is 2.16. The van der Waals surface area contributed by atoms with Crippen LogP contribution in [0.4, 0.5) is 0 Å². The summed E-state index contributed by atoms with van der Waals surface area (Å²) in [7, 11) is 0. The normalized spacial score (nSPS) is 22.2. The maximum absolute atomic E-state index is 5.33. The number of nitrogens with zero attached hydrogens (tertiary/aromatic N) is 1. The third kappa shape index (κ3) is 4.10. The third-order valence-electron chi connectivity index (χ3n) is 2.83. The summed E-state index contributed by atoms with van der Waals surface area (Å²) in [4.78, 5) is 2.55. The second kappa shape index (κ2) is 5.61. The van der Waals surface area contributed by atoms with Crippen LogP contribution in [0.25, 0.3) is 0 Å². The molecule has 1 atom stereocenters. The summed E-state index contributed by atoms with van der Waals surface area (Å²) >= 11 is 0. The molecule has 1 heterocycles. The highest BCUT2D eigenvalue weighted by Crippen LogP contribution is 2.12. The monoisotopic (exact) mass is 185 g/mol. The molecule has 0 amide bonds. The number of hydrogen-bond acceptors (Lipinski definition) is 2. The Morgan fingerprint density at radius 1 is 1.08 bits per heavy atom. The minimum absolute atomic E-state index is 0.742. The molecule has 0 aromatic rings. The molecular weight excluding hydrogens is 162 g/mol. The lowest BCUT2D eigenvalue weighted by Gasteiger charge is -2.32. The molecule has 78 valence electrons. The average Bonchev–Trinajstić information content (AvgIpc) is 2.15. The van der Waals surface area contributed by atoms with Crippen molar-refractivity contribution in [1.29, 1.82) is 0 Å². The molecule has 0 spiro atoms. The van der Waals surface area contributed by atoms with Gasteiger partial charge in [0.2, 0.25) is 0 Å². The Morgan fingerprint density at radius 2 is 1.69 bits per heavy atom. The van der Waals surface area contributed by atoms with E-state index in [1.54, 1.807) is 0 Å². The topological polar surface area (TPSA) is 12.5 Å². The van der Waals surface area contributed by atoms with E-state index in [0.717, 1.165) is 38.3 Å². The zero-order chi connectivity index (χ0) is 9.68. The van der Waals surface area contributed by atoms with Crippen LogP contribution in [0, 0.1) is 5.92 Å². The predicted molar refractivity (Wildman–Crippen MR) is 55.9 cm³/mol. The van der Waals surface area contributed by atoms with E-state index in [1.807, 2.05) is 0 Å². The van der Waals surface area contributed by atoms with Crippen molar-refractivity contribution >= 4 is 0 Å². The number of ether oxygens (including phenoxy) is 1. The molecule has 1 aliphatic rings. The maximum Gasteiger partial charge on any atom is 0.0594 e. The van der Waals surface area contributed by atoms with Gasteiger partial charge in [-0.2, -0.15) is 0 Å². The highest BCUT2D eigenvalue weighted by atomic mass is 16.5. The first-order valence-corrected chi connectivity index (χ1v) is 5.52. The Hall–Kier alpha value is -0.0800. The molecule has 0 aromatic heterocycles. The second-order valence-electron chi connectivity index (χ2n) is 4.47. The van der Waals surface area contributed by atoms with Gasteiger partial charge in [0.05, 0.1) is 13.2 Å². The molecule has 0 N–H and O–H groups in total. The van der Waals surface area contributed by atoms with Gasteiger partial charge in [-0.25, -0.2) is 0 Å². The first-order valence-electron chi connectivity index (χ1n) is 5.52. The van der Waals surface area contributed by atoms with E-state index in [1.165, 1.54) is 12.8 Å². The van der Waals surface area contributed by atoms with Gasteiger partial charge in [0.25, 0.3) is 0 Å². The lowest BCUT2D eigenvalue weighted by Crippen LogP contribution is -2.42. The molecule has 1 aliphatic heterocycles. The molecule has 1 rings (SSSR count). The molecular formula is C11H23NO. The number of hydrogen-bond donors (Lipinski definition) is 0. The van der Waals surface area contributed by atoms with E-state index in [4.69, 9.17) is 4.74 Å². The molecule has 2 nitrogen and oxygen atoms in total. The Kier molecular flexibility index (Phi) is 4.74. The number of rotatable bonds is 4. The Labute approximate surface area is 82.3 Å². The predicted octanol–water partition coefficient (Wildman–Crippen LogP) is 2.14. The van der Waals surface area contributed by atoms with Crippen molar-refractivity contribution in [1.82, 2.24) is 4.90 Å². The van der Waals surface area contributed by atoms with Crippen molar-refractivity contribution in [2.24, 2.45) is 5.92 Å². The quantitative estimate of drug-likeness (QED) is 0.665. The lowest BCUT2D eigenvalue weighted by molar-refractivity contribution is 0.0177. The van der Waals surface area contributed by atoms with E-state index < -0.39 is 0 Å². The standard InChI is InChI=1S/C11H23NO/c1-10(2)4-5-11(3)12-6-8-13-9-7-12/h10-11H,4-9H2,1-3H3. The maximum atomic E-state index is 5.33. The van der Waals surface area contributed by atoms with Crippen molar-refractivity contribution in [2.75, 3.05) is 26.3 Å². The van der Waals surface area contributed by atoms with Crippen LogP contribution in [0.3, 0.4) is 0 Å². The molecule has 0 radical (unpaired) electrons. The van der Waals surface area contributed by atoms with E-state index in [2.05, 4.69) is 25.7 Å². The molecule has 13 heavy (non-hydrogen) atoms. The largest absolute Gasteiger partial charge is 0.379 e. The molecule has 2 heteroatoms. The summed E-state index contributed by atoms with van der Waals surface area (Å²) in [5.41, 5.74) is 0. The van der Waals surface area contributed by atoms with Crippen LogP contribution in [0.5, 0.6) is 0 Å². The summed E-state index contributed by atoms with van der Waals surface area (Å²) in [6.07, 6.45) is 2.68. The summed E-state index contributed by atoms with van der Waals surface area (Å²) < 4.78 is 5.33. The Bertz CT molecular complexity index is 130. The van der Waals surface area contributed by atoms with Crippen LogP contribution in [-0.4, -0.2) is 37.2 Å². The van der Waals surface area contributed by atoms with Gasteiger partial charge in [0.1, 0.15) is 0 Å². The van der Waals surface area contributed by atoms with Crippen LogP contribution in [0.15, 0.2) is 0 Å². The van der Waals surface area contributed by atoms with Crippen molar-refractivity contribution in [3.63, 3.8) is 0 Å². The van der Waals surface area contributed by atoms with E-state index in [0.29, 0.717) is 0 Å². The fourth-order valence-electron chi connectivity index (χ4n) is 1.78. The van der Waals surface area contributed by atoms with Crippen molar-refractivity contribution in [3.05, 3.63) is 0 Å². The van der Waals surface area contributed by atoms with Gasteiger partial charge in [-0.3, -0.25) is 4.90 Å². The highest BCUT2D eigenvalue weighted by molar-refractivity contribution is 4.70. The van der Waals surface area contributed by atoms with E-state index in [-0.39, 0.29) is 0 Å². The SMILES string of the molecule is CC(C)CCC(C)N1CCOCC1. The first-order chi connectivity index (χ1) is 6.20. The lowest BCUT2D eigenvalue weighted by atomic mass is 10.0. The minimum Gasteiger partial charge on any atom is -0.379 e. The van der Waals surface area contributed by atoms with Crippen molar-refractivity contribution in [3.8, 4) is 0 Å². The summed E-state index contributed by atoms with van der Waals surface area (Å²) in [6, 6.07) is 0.742. The van der Waals surface area contributed by atoms with Gasteiger partial charge in [0, 0.05) is 19.1 Å². The van der Waals surface area contributed by atoms with Crippen LogP contribution >= 0.6 is 0 Å².